The van der Waals surface area contributed by atoms with Crippen LogP contribution in [0.4, 0.5) is 4.79 Å². The molecule has 92 valence electrons. The van der Waals surface area contributed by atoms with Crippen molar-refractivity contribution in [2.24, 2.45) is 0 Å². The molecule has 0 atom stereocenters. The minimum Gasteiger partial charge on any atom is -0.474 e. The molecular weight excluding hydrogens is 222 g/mol. The van der Waals surface area contributed by atoms with E-state index in [1.165, 1.54) is 11.2 Å². The van der Waals surface area contributed by atoms with Gasteiger partial charge in [0.1, 0.15) is 12.4 Å². The lowest BCUT2D eigenvalue weighted by Gasteiger charge is -2.29. The smallest absolute Gasteiger partial charge is 0.407 e. The van der Waals surface area contributed by atoms with Gasteiger partial charge in [0.2, 0.25) is 5.88 Å². The summed E-state index contributed by atoms with van der Waals surface area (Å²) in [5.41, 5.74) is 0.859. The Morgan fingerprint density at radius 1 is 1.47 bits per heavy atom. The van der Waals surface area contributed by atoms with Gasteiger partial charge in [-0.05, 0) is 6.92 Å². The number of aryl methyl sites for hydroxylation is 1. The fraction of sp³-hybridized carbons (Fsp3) is 0.545. The number of piperidine rings is 1. The Hall–Kier alpha value is -1.85. The maximum absolute atomic E-state index is 10.7. The molecule has 1 aliphatic heterocycles. The first-order chi connectivity index (χ1) is 8.15. The minimum absolute atomic E-state index is 0.0416. The number of nitrogens with zero attached hydrogens (tertiary/aromatic N) is 3. The van der Waals surface area contributed by atoms with Gasteiger partial charge in [0.05, 0.1) is 0 Å². The van der Waals surface area contributed by atoms with Crippen LogP contribution >= 0.6 is 0 Å². The Labute approximate surface area is 99.2 Å². The van der Waals surface area contributed by atoms with Crippen LogP contribution < -0.4 is 4.74 Å². The first-order valence-electron chi connectivity index (χ1n) is 5.58. The van der Waals surface area contributed by atoms with E-state index in [0.717, 1.165) is 5.69 Å². The molecule has 1 fully saturated rings. The zero-order valence-electron chi connectivity index (χ0n) is 9.67. The molecular formula is C11H15N3O3. The molecule has 0 aliphatic carbocycles. The van der Waals surface area contributed by atoms with Gasteiger partial charge in [-0.15, -0.1) is 0 Å². The number of carbonyl (C=O) groups is 1. The molecule has 6 nitrogen and oxygen atoms in total. The monoisotopic (exact) mass is 237 g/mol. The molecule has 1 amide bonds. The van der Waals surface area contributed by atoms with E-state index in [-0.39, 0.29) is 6.10 Å². The predicted octanol–water partition coefficient (Wildman–Crippen LogP) is 1.31. The Morgan fingerprint density at radius 2 is 2.18 bits per heavy atom. The van der Waals surface area contributed by atoms with E-state index in [1.807, 2.05) is 6.92 Å². The summed E-state index contributed by atoms with van der Waals surface area (Å²) in [5.74, 6) is 0.561. The highest BCUT2D eigenvalue weighted by Crippen LogP contribution is 2.17. The molecule has 0 bridgehead atoms. The lowest BCUT2D eigenvalue weighted by molar-refractivity contribution is 0.0870. The second-order valence-corrected chi connectivity index (χ2v) is 4.08. The summed E-state index contributed by atoms with van der Waals surface area (Å²) in [7, 11) is 0. The van der Waals surface area contributed by atoms with Crippen LogP contribution in [0, 0.1) is 6.92 Å². The second-order valence-electron chi connectivity index (χ2n) is 4.08. The number of rotatable bonds is 2. The lowest BCUT2D eigenvalue weighted by Crippen LogP contribution is -2.41. The van der Waals surface area contributed by atoms with Crippen molar-refractivity contribution in [1.29, 1.82) is 0 Å². The maximum atomic E-state index is 10.7. The van der Waals surface area contributed by atoms with E-state index in [1.54, 1.807) is 6.07 Å². The van der Waals surface area contributed by atoms with Crippen LogP contribution in [0.5, 0.6) is 5.88 Å². The Morgan fingerprint density at radius 3 is 2.76 bits per heavy atom. The summed E-state index contributed by atoms with van der Waals surface area (Å²) in [6, 6.07) is 1.78. The molecule has 17 heavy (non-hydrogen) atoms. The van der Waals surface area contributed by atoms with Gasteiger partial charge in [-0.3, -0.25) is 0 Å². The molecule has 0 unspecified atom stereocenters. The summed E-state index contributed by atoms with van der Waals surface area (Å²) in [6.07, 6.45) is 2.06. The van der Waals surface area contributed by atoms with Gasteiger partial charge < -0.3 is 14.7 Å². The predicted molar refractivity (Wildman–Crippen MR) is 60.0 cm³/mol. The van der Waals surface area contributed by atoms with Crippen LogP contribution in [-0.4, -0.2) is 45.3 Å². The fourth-order valence-electron chi connectivity index (χ4n) is 1.83. The molecule has 1 saturated heterocycles. The molecule has 1 aromatic rings. The Balaban J connectivity index is 1.88. The van der Waals surface area contributed by atoms with Crippen LogP contribution in [0.2, 0.25) is 0 Å². The van der Waals surface area contributed by atoms with E-state index in [4.69, 9.17) is 9.84 Å². The van der Waals surface area contributed by atoms with Crippen LogP contribution in [-0.2, 0) is 0 Å². The van der Waals surface area contributed by atoms with E-state index in [9.17, 15) is 4.79 Å². The van der Waals surface area contributed by atoms with Crippen molar-refractivity contribution in [2.45, 2.75) is 25.9 Å². The molecule has 0 spiro atoms. The lowest BCUT2D eigenvalue weighted by atomic mass is 10.1. The molecule has 1 aromatic heterocycles. The highest BCUT2D eigenvalue weighted by molar-refractivity contribution is 5.65. The average Bonchev–Trinajstić information content (AvgIpc) is 2.29. The zero-order chi connectivity index (χ0) is 12.3. The van der Waals surface area contributed by atoms with Gasteiger partial charge in [-0.1, -0.05) is 0 Å². The number of hydrogen-bond donors (Lipinski definition) is 1. The third-order valence-corrected chi connectivity index (χ3v) is 2.78. The van der Waals surface area contributed by atoms with Crippen molar-refractivity contribution in [2.75, 3.05) is 13.1 Å². The average molecular weight is 237 g/mol. The number of amides is 1. The van der Waals surface area contributed by atoms with Gasteiger partial charge in [-0.2, -0.15) is 0 Å². The summed E-state index contributed by atoms with van der Waals surface area (Å²) in [5, 5.41) is 8.82. The third kappa shape index (κ3) is 3.05. The van der Waals surface area contributed by atoms with Crippen molar-refractivity contribution < 1.29 is 14.6 Å². The summed E-state index contributed by atoms with van der Waals surface area (Å²) in [4.78, 5) is 20.2. The SMILES string of the molecule is Cc1cc(OC2CCN(C(=O)O)CC2)ncn1. The van der Waals surface area contributed by atoms with Crippen molar-refractivity contribution in [1.82, 2.24) is 14.9 Å². The summed E-state index contributed by atoms with van der Waals surface area (Å²) in [6.45, 7) is 2.91. The number of carboxylic acid groups (broad SMARTS) is 1. The topological polar surface area (TPSA) is 75.5 Å². The standard InChI is InChI=1S/C11H15N3O3/c1-8-6-10(13-7-12-8)17-9-2-4-14(5-3-9)11(15)16/h6-7,9H,2-5H2,1H3,(H,15,16). The summed E-state index contributed by atoms with van der Waals surface area (Å²) >= 11 is 0. The number of likely N-dealkylation sites (tertiary alicyclic amines) is 1. The maximum Gasteiger partial charge on any atom is 0.407 e. The van der Waals surface area contributed by atoms with Gasteiger partial charge >= 0.3 is 6.09 Å². The molecule has 1 aliphatic rings. The quantitative estimate of drug-likeness (QED) is 0.839. The summed E-state index contributed by atoms with van der Waals surface area (Å²) < 4.78 is 5.69. The molecule has 0 aromatic carbocycles. The van der Waals surface area contributed by atoms with Gasteiger partial charge in [0.15, 0.2) is 0 Å². The molecule has 1 N–H and O–H groups in total. The van der Waals surface area contributed by atoms with E-state index in [0.29, 0.717) is 31.8 Å². The normalized spacial score (nSPS) is 16.9. The minimum atomic E-state index is -0.860. The van der Waals surface area contributed by atoms with Crippen LogP contribution in [0.3, 0.4) is 0 Å². The first kappa shape index (κ1) is 11.6. The highest BCUT2D eigenvalue weighted by Gasteiger charge is 2.23. The van der Waals surface area contributed by atoms with Crippen molar-refractivity contribution >= 4 is 6.09 Å². The number of aromatic nitrogens is 2. The van der Waals surface area contributed by atoms with Crippen LogP contribution in [0.25, 0.3) is 0 Å². The second kappa shape index (κ2) is 4.99. The third-order valence-electron chi connectivity index (χ3n) is 2.78. The van der Waals surface area contributed by atoms with Crippen molar-refractivity contribution in [3.63, 3.8) is 0 Å². The Kier molecular flexibility index (Phi) is 3.41. The van der Waals surface area contributed by atoms with Crippen molar-refractivity contribution in [3.05, 3.63) is 18.1 Å². The van der Waals surface area contributed by atoms with Gasteiger partial charge in [0.25, 0.3) is 0 Å². The molecule has 2 rings (SSSR count). The molecule has 2 heterocycles. The fourth-order valence-corrected chi connectivity index (χ4v) is 1.83. The Bertz CT molecular complexity index is 403. The van der Waals surface area contributed by atoms with E-state index < -0.39 is 6.09 Å². The number of ether oxygens (including phenoxy) is 1. The van der Waals surface area contributed by atoms with Gasteiger partial charge in [-0.25, -0.2) is 14.8 Å². The highest BCUT2D eigenvalue weighted by atomic mass is 16.5. The number of hydrogen-bond acceptors (Lipinski definition) is 4. The van der Waals surface area contributed by atoms with Crippen molar-refractivity contribution in [3.8, 4) is 5.88 Å². The molecule has 6 heteroatoms. The zero-order valence-corrected chi connectivity index (χ0v) is 9.67. The van der Waals surface area contributed by atoms with Gasteiger partial charge in [0, 0.05) is 37.7 Å². The van der Waals surface area contributed by atoms with E-state index >= 15 is 0 Å². The largest absolute Gasteiger partial charge is 0.474 e. The first-order valence-corrected chi connectivity index (χ1v) is 5.58. The molecule has 0 saturated carbocycles. The molecule has 0 radical (unpaired) electrons. The van der Waals surface area contributed by atoms with E-state index in [2.05, 4.69) is 9.97 Å². The van der Waals surface area contributed by atoms with Crippen LogP contribution in [0.15, 0.2) is 12.4 Å². The van der Waals surface area contributed by atoms with Crippen LogP contribution in [0.1, 0.15) is 18.5 Å².